The number of fused-ring (bicyclic) bond motifs is 1. The van der Waals surface area contributed by atoms with Crippen molar-refractivity contribution in [2.24, 2.45) is 0 Å². The molecule has 0 aliphatic carbocycles. The van der Waals surface area contributed by atoms with E-state index in [1.54, 1.807) is 23.1 Å². The minimum absolute atomic E-state index is 0.0872. The summed E-state index contributed by atoms with van der Waals surface area (Å²) in [6.45, 7) is 1.41. The standard InChI is InChI=1S/C7H7N4O2/c12-5-13-4-9-6-3-10-11-2-1-8-7(6)11/h1-3,9-10H,4H2. The number of nitrogens with one attached hydrogen (secondary N) is 2. The third kappa shape index (κ3) is 1.33. The highest BCUT2D eigenvalue weighted by molar-refractivity contribution is 5.66. The van der Waals surface area contributed by atoms with Gasteiger partial charge in [-0.2, -0.15) is 0 Å². The van der Waals surface area contributed by atoms with Gasteiger partial charge in [-0.25, -0.2) is 14.3 Å². The fourth-order valence-corrected chi connectivity index (χ4v) is 1.08. The van der Waals surface area contributed by atoms with Gasteiger partial charge in [-0.3, -0.25) is 5.10 Å². The normalized spacial score (nSPS) is 10.2. The van der Waals surface area contributed by atoms with Crippen LogP contribution in [0.5, 0.6) is 0 Å². The van der Waals surface area contributed by atoms with Crippen LogP contribution >= 0.6 is 0 Å². The molecule has 2 N–H and O–H groups in total. The second-order valence-electron chi connectivity index (χ2n) is 2.36. The summed E-state index contributed by atoms with van der Waals surface area (Å²) < 4.78 is 6.11. The van der Waals surface area contributed by atoms with Crippen LogP contribution in [0.4, 0.5) is 5.69 Å². The van der Waals surface area contributed by atoms with Gasteiger partial charge in [0.05, 0.1) is 5.69 Å². The van der Waals surface area contributed by atoms with E-state index in [2.05, 4.69) is 20.1 Å². The van der Waals surface area contributed by atoms with Crippen LogP contribution in [0.15, 0.2) is 18.6 Å². The molecule has 0 atom stereocenters. The molecule has 0 saturated heterocycles. The van der Waals surface area contributed by atoms with Gasteiger partial charge in [0.1, 0.15) is 0 Å². The topological polar surface area (TPSA) is 71.4 Å². The number of hydrogen-bond donors (Lipinski definition) is 2. The van der Waals surface area contributed by atoms with E-state index in [4.69, 9.17) is 0 Å². The SMILES string of the molecule is O=[C]OCNc1c[nH]n2ccnc12. The summed E-state index contributed by atoms with van der Waals surface area (Å²) in [5.41, 5.74) is 1.54. The molecule has 0 aliphatic heterocycles. The zero-order valence-electron chi connectivity index (χ0n) is 6.65. The predicted molar refractivity (Wildman–Crippen MR) is 44.8 cm³/mol. The molecule has 0 unspecified atom stereocenters. The van der Waals surface area contributed by atoms with E-state index in [0.717, 1.165) is 11.3 Å². The third-order valence-electron chi connectivity index (χ3n) is 1.62. The number of rotatable bonds is 4. The van der Waals surface area contributed by atoms with E-state index < -0.39 is 0 Å². The summed E-state index contributed by atoms with van der Waals surface area (Å²) in [4.78, 5) is 13.8. The maximum Gasteiger partial charge on any atom is 0.419 e. The molecule has 0 aliphatic rings. The Morgan fingerprint density at radius 2 is 2.69 bits per heavy atom. The molecule has 67 valence electrons. The van der Waals surface area contributed by atoms with E-state index in [1.807, 2.05) is 0 Å². The van der Waals surface area contributed by atoms with Gasteiger partial charge in [0.15, 0.2) is 12.4 Å². The van der Waals surface area contributed by atoms with Gasteiger partial charge < -0.3 is 10.1 Å². The Morgan fingerprint density at radius 1 is 1.77 bits per heavy atom. The summed E-state index contributed by atoms with van der Waals surface area (Å²) in [6.07, 6.45) is 5.19. The van der Waals surface area contributed by atoms with Crippen molar-refractivity contribution in [1.82, 2.24) is 14.6 Å². The lowest BCUT2D eigenvalue weighted by molar-refractivity contribution is 0.301. The summed E-state index contributed by atoms with van der Waals surface area (Å²) in [5, 5.41) is 5.79. The minimum Gasteiger partial charge on any atom is -0.436 e. The van der Waals surface area contributed by atoms with Crippen molar-refractivity contribution in [3.63, 3.8) is 0 Å². The molecular formula is C7H7N4O2. The second kappa shape index (κ2) is 3.18. The molecule has 0 bridgehead atoms. The van der Waals surface area contributed by atoms with Gasteiger partial charge in [0, 0.05) is 18.6 Å². The Hall–Kier alpha value is -1.98. The molecule has 0 saturated carbocycles. The molecular weight excluding hydrogens is 172 g/mol. The second-order valence-corrected chi connectivity index (χ2v) is 2.36. The fraction of sp³-hybridized carbons (Fsp3) is 0.143. The van der Waals surface area contributed by atoms with Crippen LogP contribution in [0, 0.1) is 0 Å². The van der Waals surface area contributed by atoms with Crippen LogP contribution in [0.25, 0.3) is 5.65 Å². The minimum atomic E-state index is 0.0872. The van der Waals surface area contributed by atoms with Crippen LogP contribution < -0.4 is 5.32 Å². The number of anilines is 1. The summed E-state index contributed by atoms with van der Waals surface area (Å²) in [7, 11) is 0. The van der Waals surface area contributed by atoms with Crippen LogP contribution in [0.2, 0.25) is 0 Å². The van der Waals surface area contributed by atoms with Crippen molar-refractivity contribution >= 4 is 17.8 Å². The average molecular weight is 179 g/mol. The van der Waals surface area contributed by atoms with Gasteiger partial charge in [0.2, 0.25) is 0 Å². The lowest BCUT2D eigenvalue weighted by Crippen LogP contribution is -2.04. The van der Waals surface area contributed by atoms with E-state index >= 15 is 0 Å². The molecule has 2 rings (SSSR count). The Kier molecular flexibility index (Phi) is 1.87. The number of hydrogen-bond acceptors (Lipinski definition) is 4. The summed E-state index contributed by atoms with van der Waals surface area (Å²) in [5.74, 6) is 0. The van der Waals surface area contributed by atoms with Crippen molar-refractivity contribution in [2.45, 2.75) is 0 Å². The summed E-state index contributed by atoms with van der Waals surface area (Å²) in [6, 6.07) is 0. The Bertz CT molecular complexity index is 405. The molecule has 6 heteroatoms. The average Bonchev–Trinajstić information content (AvgIpc) is 2.68. The highest BCUT2D eigenvalue weighted by atomic mass is 16.5. The molecule has 1 radical (unpaired) electrons. The van der Waals surface area contributed by atoms with Crippen LogP contribution in [0.3, 0.4) is 0 Å². The monoisotopic (exact) mass is 179 g/mol. The first kappa shape index (κ1) is 7.66. The molecule has 2 aromatic rings. The van der Waals surface area contributed by atoms with Gasteiger partial charge in [-0.1, -0.05) is 0 Å². The maximum atomic E-state index is 9.73. The number of ether oxygens (including phenoxy) is 1. The molecule has 0 amide bonds. The third-order valence-corrected chi connectivity index (χ3v) is 1.62. The van der Waals surface area contributed by atoms with Crippen molar-refractivity contribution in [3.05, 3.63) is 18.6 Å². The highest BCUT2D eigenvalue weighted by Gasteiger charge is 2.02. The number of imidazole rings is 1. The van der Waals surface area contributed by atoms with Crippen molar-refractivity contribution in [3.8, 4) is 0 Å². The van der Waals surface area contributed by atoms with Crippen molar-refractivity contribution in [2.75, 3.05) is 12.0 Å². The highest BCUT2D eigenvalue weighted by Crippen LogP contribution is 2.12. The molecule has 0 spiro atoms. The first-order valence-corrected chi connectivity index (χ1v) is 3.65. The lowest BCUT2D eigenvalue weighted by atomic mass is 10.5. The van der Waals surface area contributed by atoms with Crippen LogP contribution in [0.1, 0.15) is 0 Å². The molecule has 0 aromatic carbocycles. The summed E-state index contributed by atoms with van der Waals surface area (Å²) >= 11 is 0. The zero-order chi connectivity index (χ0) is 9.10. The predicted octanol–water partition coefficient (Wildman–Crippen LogP) is 0.116. The Balaban J connectivity index is 2.13. The fourth-order valence-electron chi connectivity index (χ4n) is 1.08. The van der Waals surface area contributed by atoms with E-state index in [-0.39, 0.29) is 6.73 Å². The maximum absolute atomic E-state index is 9.73. The zero-order valence-corrected chi connectivity index (χ0v) is 6.65. The molecule has 2 heterocycles. The first-order valence-electron chi connectivity index (χ1n) is 3.65. The van der Waals surface area contributed by atoms with Crippen molar-refractivity contribution < 1.29 is 9.53 Å². The van der Waals surface area contributed by atoms with Crippen LogP contribution in [-0.2, 0) is 9.53 Å². The van der Waals surface area contributed by atoms with E-state index in [0.29, 0.717) is 0 Å². The van der Waals surface area contributed by atoms with Gasteiger partial charge in [0.25, 0.3) is 0 Å². The number of H-pyrrole nitrogens is 1. The largest absolute Gasteiger partial charge is 0.436 e. The molecule has 6 nitrogen and oxygen atoms in total. The molecule has 13 heavy (non-hydrogen) atoms. The van der Waals surface area contributed by atoms with Crippen molar-refractivity contribution in [1.29, 1.82) is 0 Å². The molecule has 2 aromatic heterocycles. The lowest BCUT2D eigenvalue weighted by Gasteiger charge is -1.98. The number of aromatic amines is 1. The number of carbonyl (C=O) groups excluding carboxylic acids is 1. The Labute approximate surface area is 73.5 Å². The van der Waals surface area contributed by atoms with Gasteiger partial charge >= 0.3 is 6.47 Å². The van der Waals surface area contributed by atoms with Gasteiger partial charge in [-0.15, -0.1) is 0 Å². The van der Waals surface area contributed by atoms with E-state index in [9.17, 15) is 4.79 Å². The molecule has 0 fully saturated rings. The first-order chi connectivity index (χ1) is 6.42. The quantitative estimate of drug-likeness (QED) is 0.516. The number of nitrogens with zero attached hydrogens (tertiary/aromatic N) is 2. The van der Waals surface area contributed by atoms with Gasteiger partial charge in [-0.05, 0) is 0 Å². The number of aromatic nitrogens is 3. The van der Waals surface area contributed by atoms with Crippen LogP contribution in [-0.4, -0.2) is 27.8 Å². The van der Waals surface area contributed by atoms with E-state index in [1.165, 1.54) is 6.47 Å². The Morgan fingerprint density at radius 3 is 3.54 bits per heavy atom. The smallest absolute Gasteiger partial charge is 0.419 e.